The van der Waals surface area contributed by atoms with E-state index in [9.17, 15) is 18.4 Å². The molecule has 1 N–H and O–H groups in total. The number of carbonyl (C=O) groups is 2. The number of piperidine rings is 1. The van der Waals surface area contributed by atoms with E-state index in [2.05, 4.69) is 0 Å². The van der Waals surface area contributed by atoms with E-state index in [0.717, 1.165) is 4.90 Å². The molecule has 1 aliphatic heterocycles. The normalized spacial score (nSPS) is 22.9. The highest BCUT2D eigenvalue weighted by Gasteiger charge is 2.46. The van der Waals surface area contributed by atoms with Gasteiger partial charge in [-0.05, 0) is 12.3 Å². The smallest absolute Gasteiger partial charge is 0.349 e. The predicted molar refractivity (Wildman–Crippen MR) is 71.8 cm³/mol. The second kappa shape index (κ2) is 5.79. The Morgan fingerprint density at radius 1 is 1.24 bits per heavy atom. The molecular weight excluding hydrogens is 280 g/mol. The molecule has 1 aromatic rings. The molecule has 0 spiro atoms. The van der Waals surface area contributed by atoms with Gasteiger partial charge in [0.15, 0.2) is 0 Å². The van der Waals surface area contributed by atoms with Crippen LogP contribution in [-0.4, -0.2) is 35.0 Å². The summed E-state index contributed by atoms with van der Waals surface area (Å²) in [4.78, 5) is 24.2. The Labute approximate surface area is 121 Å². The minimum absolute atomic E-state index is 0.115. The minimum Gasteiger partial charge on any atom is -0.481 e. The van der Waals surface area contributed by atoms with E-state index in [1.807, 2.05) is 0 Å². The van der Waals surface area contributed by atoms with Gasteiger partial charge in [-0.3, -0.25) is 9.59 Å². The zero-order valence-corrected chi connectivity index (χ0v) is 11.6. The first-order chi connectivity index (χ1) is 9.82. The summed E-state index contributed by atoms with van der Waals surface area (Å²) in [5.41, 5.74) is -0.375. The fourth-order valence-electron chi connectivity index (χ4n) is 2.67. The summed E-state index contributed by atoms with van der Waals surface area (Å²) in [5.74, 6) is -6.92. The molecule has 0 radical (unpaired) electrons. The van der Waals surface area contributed by atoms with Crippen LogP contribution in [0, 0.1) is 11.8 Å². The van der Waals surface area contributed by atoms with Crippen LogP contribution in [0.2, 0.25) is 0 Å². The molecule has 0 saturated carbocycles. The first-order valence-electron chi connectivity index (χ1n) is 6.78. The zero-order valence-electron chi connectivity index (χ0n) is 11.6. The molecule has 4 nitrogen and oxygen atoms in total. The maximum atomic E-state index is 14.3. The lowest BCUT2D eigenvalue weighted by Crippen LogP contribution is -2.50. The van der Waals surface area contributed by atoms with E-state index < -0.39 is 23.7 Å². The van der Waals surface area contributed by atoms with Gasteiger partial charge >= 0.3 is 11.9 Å². The number of benzene rings is 1. The molecule has 0 bridgehead atoms. The first kappa shape index (κ1) is 15.4. The Kier molecular flexibility index (Phi) is 4.25. The second-order valence-electron chi connectivity index (χ2n) is 5.53. The highest BCUT2D eigenvalue weighted by Crippen LogP contribution is 2.32. The van der Waals surface area contributed by atoms with Crippen molar-refractivity contribution in [2.75, 3.05) is 13.1 Å². The van der Waals surface area contributed by atoms with Gasteiger partial charge in [0.25, 0.3) is 5.91 Å². The third-order valence-electron chi connectivity index (χ3n) is 3.70. The van der Waals surface area contributed by atoms with Gasteiger partial charge in [0, 0.05) is 18.7 Å². The van der Waals surface area contributed by atoms with Crippen molar-refractivity contribution in [2.24, 2.45) is 11.8 Å². The van der Waals surface area contributed by atoms with Crippen molar-refractivity contribution in [3.8, 4) is 0 Å². The lowest BCUT2D eigenvalue weighted by molar-refractivity contribution is -0.164. The van der Waals surface area contributed by atoms with Crippen molar-refractivity contribution in [3.63, 3.8) is 0 Å². The number of rotatable bonds is 3. The molecule has 1 fully saturated rings. The van der Waals surface area contributed by atoms with Crippen LogP contribution in [0.3, 0.4) is 0 Å². The molecule has 1 aromatic carbocycles. The average molecular weight is 297 g/mol. The fourth-order valence-corrected chi connectivity index (χ4v) is 2.67. The number of hydrogen-bond donors (Lipinski definition) is 1. The minimum atomic E-state index is -3.64. The lowest BCUT2D eigenvalue weighted by Gasteiger charge is -2.36. The highest BCUT2D eigenvalue weighted by atomic mass is 19.3. The summed E-state index contributed by atoms with van der Waals surface area (Å²) in [5, 5.41) is 9.05. The summed E-state index contributed by atoms with van der Waals surface area (Å²) in [6, 6.07) is 6.86. The van der Waals surface area contributed by atoms with Crippen LogP contribution in [0.1, 0.15) is 18.9 Å². The van der Waals surface area contributed by atoms with Gasteiger partial charge in [0.05, 0.1) is 5.92 Å². The van der Waals surface area contributed by atoms with Crippen LogP contribution in [-0.2, 0) is 15.5 Å². The van der Waals surface area contributed by atoms with E-state index in [1.165, 1.54) is 24.3 Å². The van der Waals surface area contributed by atoms with Gasteiger partial charge < -0.3 is 10.0 Å². The molecule has 1 saturated heterocycles. The quantitative estimate of drug-likeness (QED) is 0.931. The van der Waals surface area contributed by atoms with E-state index in [4.69, 9.17) is 5.11 Å². The molecule has 0 aliphatic carbocycles. The molecule has 0 aromatic heterocycles. The maximum Gasteiger partial charge on any atom is 0.349 e. The molecule has 2 rings (SSSR count). The number of aliphatic carboxylic acids is 1. The van der Waals surface area contributed by atoms with Crippen molar-refractivity contribution < 1.29 is 23.5 Å². The van der Waals surface area contributed by atoms with Crippen molar-refractivity contribution in [3.05, 3.63) is 35.9 Å². The van der Waals surface area contributed by atoms with Crippen molar-refractivity contribution in [1.82, 2.24) is 4.90 Å². The number of amides is 1. The summed E-state index contributed by atoms with van der Waals surface area (Å²) in [7, 11) is 0. The molecule has 2 unspecified atom stereocenters. The number of likely N-dealkylation sites (tertiary alicyclic amines) is 1. The third kappa shape index (κ3) is 3.20. The average Bonchev–Trinajstić information content (AvgIpc) is 2.46. The van der Waals surface area contributed by atoms with Crippen LogP contribution >= 0.6 is 0 Å². The van der Waals surface area contributed by atoms with Crippen molar-refractivity contribution >= 4 is 11.9 Å². The summed E-state index contributed by atoms with van der Waals surface area (Å²) >= 11 is 0. The highest BCUT2D eigenvalue weighted by molar-refractivity contribution is 5.85. The SMILES string of the molecule is CC1CC(C(=O)O)CN(C(=O)C(F)(F)c2ccccc2)C1. The Hall–Kier alpha value is -1.98. The van der Waals surface area contributed by atoms with E-state index in [1.54, 1.807) is 13.0 Å². The van der Waals surface area contributed by atoms with Gasteiger partial charge in [0.2, 0.25) is 0 Å². The van der Waals surface area contributed by atoms with Gasteiger partial charge in [-0.25, -0.2) is 0 Å². The van der Waals surface area contributed by atoms with Crippen molar-refractivity contribution in [2.45, 2.75) is 19.3 Å². The zero-order chi connectivity index (χ0) is 15.6. The summed E-state index contributed by atoms with van der Waals surface area (Å²) < 4.78 is 28.5. The van der Waals surface area contributed by atoms with Crippen LogP contribution in [0.5, 0.6) is 0 Å². The van der Waals surface area contributed by atoms with Crippen LogP contribution in [0.25, 0.3) is 0 Å². The lowest BCUT2D eigenvalue weighted by atomic mass is 9.90. The van der Waals surface area contributed by atoms with E-state index >= 15 is 0 Å². The van der Waals surface area contributed by atoms with Crippen LogP contribution in [0.4, 0.5) is 8.78 Å². The number of carboxylic acid groups (broad SMARTS) is 1. The predicted octanol–water partition coefficient (Wildman–Crippen LogP) is 2.35. The van der Waals surface area contributed by atoms with Gasteiger partial charge in [0.1, 0.15) is 0 Å². The molecule has 1 aliphatic rings. The molecule has 6 heteroatoms. The molecule has 2 atom stereocenters. The van der Waals surface area contributed by atoms with Gasteiger partial charge in [-0.2, -0.15) is 8.78 Å². The maximum absolute atomic E-state index is 14.3. The number of halogens is 2. The second-order valence-corrected chi connectivity index (χ2v) is 5.53. The Bertz CT molecular complexity index is 533. The van der Waals surface area contributed by atoms with E-state index in [-0.39, 0.29) is 24.6 Å². The topological polar surface area (TPSA) is 57.6 Å². The molecule has 114 valence electrons. The number of carboxylic acids is 1. The van der Waals surface area contributed by atoms with Crippen LogP contribution < -0.4 is 0 Å². The Morgan fingerprint density at radius 3 is 2.43 bits per heavy atom. The Balaban J connectivity index is 2.20. The third-order valence-corrected chi connectivity index (χ3v) is 3.70. The fraction of sp³-hybridized carbons (Fsp3) is 0.467. The number of hydrogen-bond acceptors (Lipinski definition) is 2. The summed E-state index contributed by atoms with van der Waals surface area (Å²) in [6.07, 6.45) is 0.399. The van der Waals surface area contributed by atoms with Gasteiger partial charge in [-0.1, -0.05) is 37.3 Å². The summed E-state index contributed by atoms with van der Waals surface area (Å²) in [6.45, 7) is 1.75. The number of carbonyl (C=O) groups excluding carboxylic acids is 1. The van der Waals surface area contributed by atoms with E-state index in [0.29, 0.717) is 6.42 Å². The molecule has 1 amide bonds. The molecule has 21 heavy (non-hydrogen) atoms. The standard InChI is InChI=1S/C15H17F2NO3/c1-10-7-11(13(19)20)9-18(8-10)14(21)15(16,17)12-5-3-2-4-6-12/h2-6,10-11H,7-9H2,1H3,(H,19,20). The number of nitrogens with zero attached hydrogens (tertiary/aromatic N) is 1. The monoisotopic (exact) mass is 297 g/mol. The largest absolute Gasteiger partial charge is 0.481 e. The van der Waals surface area contributed by atoms with Crippen molar-refractivity contribution in [1.29, 1.82) is 0 Å². The van der Waals surface area contributed by atoms with Gasteiger partial charge in [-0.15, -0.1) is 0 Å². The first-order valence-corrected chi connectivity index (χ1v) is 6.78. The molecular formula is C15H17F2NO3. The molecule has 1 heterocycles. The Morgan fingerprint density at radius 2 is 1.86 bits per heavy atom. The number of alkyl halides is 2. The van der Waals surface area contributed by atoms with Crippen LogP contribution in [0.15, 0.2) is 30.3 Å².